The van der Waals surface area contributed by atoms with Gasteiger partial charge >= 0.3 is 0 Å². The zero-order valence-corrected chi connectivity index (χ0v) is 15.8. The van der Waals surface area contributed by atoms with Crippen molar-refractivity contribution >= 4 is 11.3 Å². The number of benzene rings is 1. The van der Waals surface area contributed by atoms with E-state index in [1.165, 1.54) is 0 Å². The van der Waals surface area contributed by atoms with Gasteiger partial charge in [0.2, 0.25) is 0 Å². The molecule has 0 aliphatic carbocycles. The van der Waals surface area contributed by atoms with Gasteiger partial charge in [0, 0.05) is 46.2 Å². The lowest BCUT2D eigenvalue weighted by Gasteiger charge is -2.15. The topological polar surface area (TPSA) is 67.6 Å². The Kier molecular flexibility index (Phi) is 4.10. The second-order valence-corrected chi connectivity index (χ2v) is 7.14. The molecule has 0 saturated heterocycles. The Morgan fingerprint density at radius 1 is 1.07 bits per heavy atom. The van der Waals surface area contributed by atoms with Gasteiger partial charge in [0.15, 0.2) is 0 Å². The highest BCUT2D eigenvalue weighted by Crippen LogP contribution is 2.44. The van der Waals surface area contributed by atoms with Crippen molar-refractivity contribution in [3.63, 3.8) is 0 Å². The molecule has 1 radical (unpaired) electrons. The summed E-state index contributed by atoms with van der Waals surface area (Å²) in [6.45, 7) is 1.96. The number of hydrogen-bond acceptors (Lipinski definition) is 5. The third kappa shape index (κ3) is 2.84. The van der Waals surface area contributed by atoms with Crippen molar-refractivity contribution in [2.75, 3.05) is 0 Å². The monoisotopic (exact) mass is 383 g/mol. The maximum atomic E-state index is 5.82. The van der Waals surface area contributed by atoms with Crippen LogP contribution < -0.4 is 0 Å². The van der Waals surface area contributed by atoms with Gasteiger partial charge in [-0.25, -0.2) is 9.97 Å². The number of furan rings is 1. The van der Waals surface area contributed by atoms with E-state index in [0.29, 0.717) is 0 Å². The Balaban J connectivity index is 1.89. The second-order valence-electron chi connectivity index (χ2n) is 6.25. The first-order chi connectivity index (χ1) is 13.8. The van der Waals surface area contributed by atoms with Crippen molar-refractivity contribution in [3.8, 4) is 44.5 Å². The first kappa shape index (κ1) is 16.6. The van der Waals surface area contributed by atoms with E-state index in [9.17, 15) is 0 Å². The first-order valence-electron chi connectivity index (χ1n) is 8.77. The molecule has 0 saturated carbocycles. The van der Waals surface area contributed by atoms with Gasteiger partial charge in [-0.2, -0.15) is 0 Å². The van der Waals surface area contributed by atoms with Crippen LogP contribution in [0.15, 0.2) is 71.0 Å². The summed E-state index contributed by atoms with van der Waals surface area (Å²) in [5.41, 5.74) is 5.40. The van der Waals surface area contributed by atoms with E-state index in [-0.39, 0.29) is 0 Å². The van der Waals surface area contributed by atoms with Crippen LogP contribution in [0.25, 0.3) is 44.5 Å². The molecule has 5 aromatic rings. The zero-order valence-electron chi connectivity index (χ0n) is 15.0. The molecule has 6 heteroatoms. The number of nitrogens with one attached hydrogen (secondary N) is 1. The first-order valence-corrected chi connectivity index (χ1v) is 9.65. The van der Waals surface area contributed by atoms with Crippen LogP contribution in [-0.4, -0.2) is 19.9 Å². The van der Waals surface area contributed by atoms with E-state index in [1.54, 1.807) is 30.0 Å². The SMILES string of the molecule is Cc1c[nH]c(-c2c(-c3nccs3)[c]cc(-c3ccccn3)c2-c2ccco2)n1. The quantitative estimate of drug-likeness (QED) is 0.437. The molecule has 1 N–H and O–H groups in total. The van der Waals surface area contributed by atoms with Crippen LogP contribution in [0.1, 0.15) is 5.69 Å². The molecule has 0 fully saturated rings. The molecule has 0 bridgehead atoms. The lowest BCUT2D eigenvalue weighted by molar-refractivity contribution is 0.582. The Morgan fingerprint density at radius 2 is 2.04 bits per heavy atom. The van der Waals surface area contributed by atoms with Crippen LogP contribution in [0.5, 0.6) is 0 Å². The van der Waals surface area contributed by atoms with E-state index >= 15 is 0 Å². The van der Waals surface area contributed by atoms with Crippen LogP contribution >= 0.6 is 11.3 Å². The Hall–Kier alpha value is -3.51. The number of rotatable bonds is 4. The number of nitrogens with zero attached hydrogens (tertiary/aromatic N) is 3. The highest BCUT2D eigenvalue weighted by atomic mass is 32.1. The van der Waals surface area contributed by atoms with Crippen LogP contribution in [-0.2, 0) is 0 Å². The van der Waals surface area contributed by atoms with Gasteiger partial charge in [-0.3, -0.25) is 4.98 Å². The highest BCUT2D eigenvalue weighted by Gasteiger charge is 2.23. The highest BCUT2D eigenvalue weighted by molar-refractivity contribution is 7.13. The maximum Gasteiger partial charge on any atom is 0.139 e. The smallest absolute Gasteiger partial charge is 0.139 e. The van der Waals surface area contributed by atoms with Gasteiger partial charge in [-0.15, -0.1) is 11.3 Å². The summed E-state index contributed by atoms with van der Waals surface area (Å²) in [6, 6.07) is 15.1. The van der Waals surface area contributed by atoms with Gasteiger partial charge in [0.25, 0.3) is 0 Å². The Morgan fingerprint density at radius 3 is 2.71 bits per heavy atom. The molecule has 4 aromatic heterocycles. The molecule has 5 rings (SSSR count). The molecule has 0 unspecified atom stereocenters. The molecular weight excluding hydrogens is 368 g/mol. The standard InChI is InChI=1S/C22H15N4OS/c1-14-13-25-21(26-14)20-16(22-24-10-12-28-22)8-7-15(17-5-2-3-9-23-17)19(20)18-6-4-11-27-18/h2-7,9-13H,1H3,(H,25,26). The predicted octanol–water partition coefficient (Wildman–Crippen LogP) is 5.63. The average molecular weight is 383 g/mol. The summed E-state index contributed by atoms with van der Waals surface area (Å²) in [7, 11) is 0. The minimum Gasteiger partial charge on any atom is -0.464 e. The minimum atomic E-state index is 0.747. The number of thiazole rings is 1. The van der Waals surface area contributed by atoms with Crippen LogP contribution in [0.3, 0.4) is 0 Å². The molecule has 135 valence electrons. The van der Waals surface area contributed by atoms with Gasteiger partial charge in [-0.1, -0.05) is 6.07 Å². The largest absolute Gasteiger partial charge is 0.464 e. The van der Waals surface area contributed by atoms with Gasteiger partial charge in [-0.05, 0) is 43.3 Å². The van der Waals surface area contributed by atoms with Crippen molar-refractivity contribution in [1.82, 2.24) is 19.9 Å². The van der Waals surface area contributed by atoms with Crippen molar-refractivity contribution in [1.29, 1.82) is 0 Å². The van der Waals surface area contributed by atoms with Crippen molar-refractivity contribution in [3.05, 3.63) is 78.4 Å². The summed E-state index contributed by atoms with van der Waals surface area (Å²) in [6.07, 6.45) is 7.14. The number of aryl methyl sites for hydroxylation is 1. The maximum absolute atomic E-state index is 5.82. The lowest BCUT2D eigenvalue weighted by Crippen LogP contribution is -1.96. The molecule has 1 aromatic carbocycles. The van der Waals surface area contributed by atoms with Gasteiger partial charge < -0.3 is 9.40 Å². The predicted molar refractivity (Wildman–Crippen MR) is 110 cm³/mol. The third-order valence-corrected chi connectivity index (χ3v) is 5.22. The normalized spacial score (nSPS) is 11.0. The average Bonchev–Trinajstić information content (AvgIpc) is 3.50. The van der Waals surface area contributed by atoms with Crippen molar-refractivity contribution in [2.24, 2.45) is 0 Å². The molecule has 0 spiro atoms. The van der Waals surface area contributed by atoms with E-state index in [4.69, 9.17) is 9.40 Å². The van der Waals surface area contributed by atoms with Crippen LogP contribution in [0, 0.1) is 13.0 Å². The second kappa shape index (κ2) is 6.90. The number of pyridine rings is 1. The summed E-state index contributed by atoms with van der Waals surface area (Å²) >= 11 is 1.57. The van der Waals surface area contributed by atoms with Crippen LogP contribution in [0.2, 0.25) is 0 Å². The van der Waals surface area contributed by atoms with Gasteiger partial charge in [0.1, 0.15) is 16.6 Å². The van der Waals surface area contributed by atoms with E-state index in [2.05, 4.69) is 21.0 Å². The summed E-state index contributed by atoms with van der Waals surface area (Å²) < 4.78 is 5.82. The Labute approximate surface area is 165 Å². The molecule has 0 aliphatic rings. The molecule has 28 heavy (non-hydrogen) atoms. The lowest BCUT2D eigenvalue weighted by atomic mass is 9.92. The fraction of sp³-hybridized carbons (Fsp3) is 0.0455. The molecule has 0 amide bonds. The molecular formula is C22H15N4OS. The van der Waals surface area contributed by atoms with E-state index < -0.39 is 0 Å². The number of aromatic nitrogens is 4. The molecule has 5 nitrogen and oxygen atoms in total. The van der Waals surface area contributed by atoms with Crippen molar-refractivity contribution in [2.45, 2.75) is 6.92 Å². The van der Waals surface area contributed by atoms with E-state index in [0.717, 1.165) is 50.2 Å². The summed E-state index contributed by atoms with van der Waals surface area (Å²) in [4.78, 5) is 17.0. The Bertz CT molecular complexity index is 1210. The van der Waals surface area contributed by atoms with E-state index in [1.807, 2.05) is 54.9 Å². The molecule has 4 heterocycles. The minimum absolute atomic E-state index is 0.747. The summed E-state index contributed by atoms with van der Waals surface area (Å²) in [5, 5.41) is 2.84. The van der Waals surface area contributed by atoms with Crippen LogP contribution in [0.4, 0.5) is 0 Å². The zero-order chi connectivity index (χ0) is 18.9. The number of H-pyrrole nitrogens is 1. The molecule has 0 atom stereocenters. The van der Waals surface area contributed by atoms with Gasteiger partial charge in [0.05, 0.1) is 17.7 Å². The van der Waals surface area contributed by atoms with Crippen molar-refractivity contribution < 1.29 is 4.42 Å². The fourth-order valence-corrected chi connectivity index (χ4v) is 3.89. The number of imidazole rings is 1. The third-order valence-electron chi connectivity index (χ3n) is 4.43. The number of hydrogen-bond donors (Lipinski definition) is 1. The summed E-state index contributed by atoms with van der Waals surface area (Å²) in [5.74, 6) is 1.50. The molecule has 0 aliphatic heterocycles. The number of aromatic amines is 1. The fourth-order valence-electron chi connectivity index (χ4n) is 3.24.